The first-order valence-electron chi connectivity index (χ1n) is 6.41. The van der Waals surface area contributed by atoms with Gasteiger partial charge in [-0.3, -0.25) is 0 Å². The molecule has 0 saturated heterocycles. The maximum atomic E-state index is 13.1. The number of halogens is 1. The van der Waals surface area contributed by atoms with Crippen LogP contribution in [0.25, 0.3) is 0 Å². The van der Waals surface area contributed by atoms with Crippen molar-refractivity contribution in [3.63, 3.8) is 0 Å². The lowest BCUT2D eigenvalue weighted by molar-refractivity contribution is 0.288. The van der Waals surface area contributed by atoms with Gasteiger partial charge in [-0.1, -0.05) is 32.9 Å². The van der Waals surface area contributed by atoms with Crippen molar-refractivity contribution in [3.05, 3.63) is 35.6 Å². The molecule has 1 atom stereocenters. The summed E-state index contributed by atoms with van der Waals surface area (Å²) in [6, 6.07) is 7.43. The van der Waals surface area contributed by atoms with Crippen molar-refractivity contribution in [1.29, 1.82) is 0 Å². The molecular weight excluding hydrogens is 213 g/mol. The fourth-order valence-electron chi connectivity index (χ4n) is 2.52. The van der Waals surface area contributed by atoms with Crippen molar-refractivity contribution in [2.24, 2.45) is 5.41 Å². The molecule has 17 heavy (non-hydrogen) atoms. The molecule has 1 unspecified atom stereocenters. The van der Waals surface area contributed by atoms with Crippen LogP contribution in [-0.4, -0.2) is 12.6 Å². The van der Waals surface area contributed by atoms with Gasteiger partial charge in [0.1, 0.15) is 5.82 Å². The van der Waals surface area contributed by atoms with Gasteiger partial charge in [0.25, 0.3) is 0 Å². The van der Waals surface area contributed by atoms with E-state index in [1.807, 2.05) is 6.07 Å². The largest absolute Gasteiger partial charge is 0.315 e. The lowest BCUT2D eigenvalue weighted by Gasteiger charge is -2.28. The Kier molecular flexibility index (Phi) is 5.13. The smallest absolute Gasteiger partial charge is 0.123 e. The summed E-state index contributed by atoms with van der Waals surface area (Å²) in [4.78, 5) is 0. The molecule has 1 N–H and O–H groups in total. The van der Waals surface area contributed by atoms with Crippen LogP contribution in [0.2, 0.25) is 0 Å². The van der Waals surface area contributed by atoms with Crippen LogP contribution in [-0.2, 0) is 6.42 Å². The molecule has 0 aliphatic heterocycles. The molecule has 0 heterocycles. The summed E-state index contributed by atoms with van der Waals surface area (Å²) < 4.78 is 13.1. The van der Waals surface area contributed by atoms with E-state index >= 15 is 0 Å². The predicted octanol–water partition coefficient (Wildman–Crippen LogP) is 3.78. The summed E-state index contributed by atoms with van der Waals surface area (Å²) in [7, 11) is 0. The second kappa shape index (κ2) is 6.15. The number of hydrogen-bond acceptors (Lipinski definition) is 1. The highest BCUT2D eigenvalue weighted by Gasteiger charge is 2.21. The van der Waals surface area contributed by atoms with Crippen molar-refractivity contribution >= 4 is 0 Å². The number of benzene rings is 1. The molecule has 0 aromatic heterocycles. The molecule has 0 amide bonds. The highest BCUT2D eigenvalue weighted by atomic mass is 19.1. The molecule has 2 heteroatoms. The Morgan fingerprint density at radius 3 is 2.65 bits per heavy atom. The van der Waals surface area contributed by atoms with Gasteiger partial charge in [0.05, 0.1) is 0 Å². The predicted molar refractivity (Wildman–Crippen MR) is 71.6 cm³/mol. The van der Waals surface area contributed by atoms with E-state index in [0.717, 1.165) is 24.9 Å². The Hall–Kier alpha value is -0.890. The van der Waals surface area contributed by atoms with Crippen LogP contribution in [0.5, 0.6) is 0 Å². The third-order valence-electron chi connectivity index (χ3n) is 2.98. The SMILES string of the molecule is CCNC(C)CC(C)(C)Cc1cccc(F)c1. The Labute approximate surface area is 104 Å². The topological polar surface area (TPSA) is 12.0 Å². The minimum absolute atomic E-state index is 0.141. The molecule has 0 aliphatic carbocycles. The zero-order chi connectivity index (χ0) is 12.9. The van der Waals surface area contributed by atoms with Gasteiger partial charge in [0.15, 0.2) is 0 Å². The fourth-order valence-corrected chi connectivity index (χ4v) is 2.52. The van der Waals surface area contributed by atoms with E-state index in [1.54, 1.807) is 12.1 Å². The van der Waals surface area contributed by atoms with Crippen molar-refractivity contribution in [2.75, 3.05) is 6.54 Å². The Morgan fingerprint density at radius 2 is 2.06 bits per heavy atom. The number of hydrogen-bond donors (Lipinski definition) is 1. The average molecular weight is 237 g/mol. The van der Waals surface area contributed by atoms with E-state index in [0.29, 0.717) is 6.04 Å². The summed E-state index contributed by atoms with van der Waals surface area (Å²) in [5.74, 6) is -0.141. The molecular formula is C15H24FN. The Morgan fingerprint density at radius 1 is 1.35 bits per heavy atom. The van der Waals surface area contributed by atoms with Crippen molar-refractivity contribution in [2.45, 2.75) is 46.6 Å². The molecule has 0 spiro atoms. The minimum Gasteiger partial charge on any atom is -0.315 e. The van der Waals surface area contributed by atoms with Gasteiger partial charge in [0.2, 0.25) is 0 Å². The maximum Gasteiger partial charge on any atom is 0.123 e. The first kappa shape index (κ1) is 14.2. The molecule has 1 aromatic rings. The quantitative estimate of drug-likeness (QED) is 0.794. The Balaban J connectivity index is 2.59. The van der Waals surface area contributed by atoms with Gasteiger partial charge in [-0.05, 0) is 49.4 Å². The van der Waals surface area contributed by atoms with Crippen molar-refractivity contribution in [1.82, 2.24) is 5.32 Å². The molecule has 1 rings (SSSR count). The lowest BCUT2D eigenvalue weighted by atomic mass is 9.80. The normalized spacial score (nSPS) is 13.7. The number of nitrogens with one attached hydrogen (secondary N) is 1. The summed E-state index contributed by atoms with van der Waals surface area (Å²) >= 11 is 0. The van der Waals surface area contributed by atoms with E-state index in [1.165, 1.54) is 6.07 Å². The lowest BCUT2D eigenvalue weighted by Crippen LogP contribution is -2.32. The van der Waals surface area contributed by atoms with Crippen LogP contribution in [0.1, 0.15) is 39.7 Å². The van der Waals surface area contributed by atoms with Gasteiger partial charge in [-0.2, -0.15) is 0 Å². The summed E-state index contributed by atoms with van der Waals surface area (Å²) in [6.45, 7) is 9.81. The van der Waals surface area contributed by atoms with Gasteiger partial charge < -0.3 is 5.32 Å². The third-order valence-corrected chi connectivity index (χ3v) is 2.98. The van der Waals surface area contributed by atoms with Crippen LogP contribution < -0.4 is 5.32 Å². The van der Waals surface area contributed by atoms with Crippen molar-refractivity contribution < 1.29 is 4.39 Å². The van der Waals surface area contributed by atoms with Crippen molar-refractivity contribution in [3.8, 4) is 0 Å². The Bertz CT molecular complexity index is 347. The third kappa shape index (κ3) is 5.31. The minimum atomic E-state index is -0.141. The molecule has 0 saturated carbocycles. The first-order valence-corrected chi connectivity index (χ1v) is 6.41. The zero-order valence-corrected chi connectivity index (χ0v) is 11.4. The molecule has 1 aromatic carbocycles. The van der Waals surface area contributed by atoms with Crippen LogP contribution in [0.3, 0.4) is 0 Å². The van der Waals surface area contributed by atoms with E-state index in [2.05, 4.69) is 33.0 Å². The molecule has 0 bridgehead atoms. The fraction of sp³-hybridized carbons (Fsp3) is 0.600. The van der Waals surface area contributed by atoms with E-state index in [4.69, 9.17) is 0 Å². The van der Waals surface area contributed by atoms with Crippen LogP contribution in [0, 0.1) is 11.2 Å². The number of rotatable bonds is 6. The maximum absolute atomic E-state index is 13.1. The second-order valence-corrected chi connectivity index (χ2v) is 5.63. The highest BCUT2D eigenvalue weighted by Crippen LogP contribution is 2.27. The molecule has 0 fully saturated rings. The second-order valence-electron chi connectivity index (χ2n) is 5.63. The van der Waals surface area contributed by atoms with Gasteiger partial charge >= 0.3 is 0 Å². The molecule has 0 radical (unpaired) electrons. The van der Waals surface area contributed by atoms with Gasteiger partial charge in [0, 0.05) is 6.04 Å². The molecule has 96 valence electrons. The van der Waals surface area contributed by atoms with Gasteiger partial charge in [-0.25, -0.2) is 4.39 Å². The summed E-state index contributed by atoms with van der Waals surface area (Å²) in [6.07, 6.45) is 2.01. The van der Waals surface area contributed by atoms with Crippen LogP contribution >= 0.6 is 0 Å². The monoisotopic (exact) mass is 237 g/mol. The highest BCUT2D eigenvalue weighted by molar-refractivity contribution is 5.17. The zero-order valence-electron chi connectivity index (χ0n) is 11.4. The first-order chi connectivity index (χ1) is 7.93. The van der Waals surface area contributed by atoms with E-state index in [-0.39, 0.29) is 11.2 Å². The van der Waals surface area contributed by atoms with E-state index in [9.17, 15) is 4.39 Å². The van der Waals surface area contributed by atoms with E-state index < -0.39 is 0 Å². The average Bonchev–Trinajstić information content (AvgIpc) is 2.15. The summed E-state index contributed by atoms with van der Waals surface area (Å²) in [5.41, 5.74) is 1.27. The van der Waals surface area contributed by atoms with Crippen LogP contribution in [0.4, 0.5) is 4.39 Å². The summed E-state index contributed by atoms with van der Waals surface area (Å²) in [5, 5.41) is 3.42. The molecule has 0 aliphatic rings. The standard InChI is InChI=1S/C15H24FN/c1-5-17-12(2)10-15(3,4)11-13-7-6-8-14(16)9-13/h6-9,12,17H,5,10-11H2,1-4H3. The molecule has 1 nitrogen and oxygen atoms in total. The van der Waals surface area contributed by atoms with Crippen LogP contribution in [0.15, 0.2) is 24.3 Å². The van der Waals surface area contributed by atoms with Gasteiger partial charge in [-0.15, -0.1) is 0 Å².